The van der Waals surface area contributed by atoms with Gasteiger partial charge in [0.25, 0.3) is 5.56 Å². The van der Waals surface area contributed by atoms with E-state index in [9.17, 15) is 14.5 Å². The highest BCUT2D eigenvalue weighted by molar-refractivity contribution is 7.48. The highest BCUT2D eigenvalue weighted by Gasteiger charge is 2.45. The summed E-state index contributed by atoms with van der Waals surface area (Å²) < 4.78 is 36.9. The number of phosphoric acid groups is 1. The van der Waals surface area contributed by atoms with Gasteiger partial charge in [0.15, 0.2) is 11.2 Å². The number of nitrogens with two attached hydrogens (primary N) is 1. The zero-order valence-corrected chi connectivity index (χ0v) is 19.6. The van der Waals surface area contributed by atoms with Gasteiger partial charge in [-0.25, -0.2) is 9.55 Å². The lowest BCUT2D eigenvalue weighted by molar-refractivity contribution is -0.0200. The number of fused-ring (bicyclic) bond motifs is 1. The van der Waals surface area contributed by atoms with Crippen LogP contribution in [0.1, 0.15) is 19.1 Å². The minimum atomic E-state index is -4.16. The molecule has 3 heterocycles. The molecule has 0 aliphatic carbocycles. The number of phosphoric ester groups is 1. The molecule has 34 heavy (non-hydrogen) atoms. The summed E-state index contributed by atoms with van der Waals surface area (Å²) in [6.07, 6.45) is 1.23. The molecule has 0 amide bonds. The van der Waals surface area contributed by atoms with Gasteiger partial charge >= 0.3 is 7.82 Å². The SMILES string of the molecule is C=CCOP(=O)(OCCC#N)O[C@H]1C[C@H](n2cnc3c(=O)[nH]c(N)nc32)O[C@@H]1C(O)=CN(C)C. The van der Waals surface area contributed by atoms with Gasteiger partial charge in [-0.1, -0.05) is 6.08 Å². The monoisotopic (exact) mass is 495 g/mol. The average Bonchev–Trinajstić information content (AvgIpc) is 3.36. The van der Waals surface area contributed by atoms with Crippen LogP contribution in [0.15, 0.2) is 35.7 Å². The Kier molecular flexibility index (Phi) is 8.08. The number of aromatic nitrogens is 4. The highest BCUT2D eigenvalue weighted by Crippen LogP contribution is 2.53. The zero-order valence-electron chi connectivity index (χ0n) is 18.7. The first-order valence-corrected chi connectivity index (χ1v) is 11.6. The number of hydrogen-bond acceptors (Lipinski definition) is 12. The van der Waals surface area contributed by atoms with Crippen LogP contribution in [0.3, 0.4) is 0 Å². The number of imidazole rings is 1. The molecule has 0 saturated carbocycles. The first-order valence-electron chi connectivity index (χ1n) is 10.2. The van der Waals surface area contributed by atoms with Crippen molar-refractivity contribution in [3.05, 3.63) is 41.3 Å². The molecule has 14 nitrogen and oxygen atoms in total. The summed E-state index contributed by atoms with van der Waals surface area (Å²) in [5, 5.41) is 19.4. The number of aliphatic hydroxyl groups is 1. The first kappa shape index (κ1) is 25.4. The lowest BCUT2D eigenvalue weighted by Gasteiger charge is -2.24. The van der Waals surface area contributed by atoms with Gasteiger partial charge in [0.2, 0.25) is 5.95 Å². The second kappa shape index (κ2) is 10.8. The van der Waals surface area contributed by atoms with Crippen LogP contribution in [0.2, 0.25) is 0 Å². The largest absolute Gasteiger partial charge is 0.508 e. The van der Waals surface area contributed by atoms with Crippen LogP contribution in [-0.2, 0) is 22.9 Å². The standard InChI is InChI=1S/C19H26N7O7P/c1-4-7-30-34(29,31-8-5-6-20)33-13-9-14(32-16(13)12(27)10-25(2)3)26-11-22-15-17(26)23-19(21)24-18(15)28/h4,10-11,13-14,16,27H,1,5,7-9H2,2-3H3,(H3,21,23,24,28)/t13-,14+,16+,34?/m0/s1. The summed E-state index contributed by atoms with van der Waals surface area (Å²) >= 11 is 0. The van der Waals surface area contributed by atoms with Gasteiger partial charge in [-0.2, -0.15) is 10.2 Å². The molecule has 1 saturated heterocycles. The van der Waals surface area contributed by atoms with E-state index in [1.807, 2.05) is 6.07 Å². The van der Waals surface area contributed by atoms with Crippen molar-refractivity contribution in [3.8, 4) is 6.07 Å². The van der Waals surface area contributed by atoms with Gasteiger partial charge in [0.1, 0.15) is 24.2 Å². The summed E-state index contributed by atoms with van der Waals surface area (Å²) in [4.78, 5) is 24.3. The van der Waals surface area contributed by atoms with Crippen LogP contribution < -0.4 is 11.3 Å². The molecule has 15 heteroatoms. The third-order valence-electron chi connectivity index (χ3n) is 4.60. The van der Waals surface area contributed by atoms with Crippen molar-refractivity contribution in [1.82, 2.24) is 24.4 Å². The summed E-state index contributed by atoms with van der Waals surface area (Å²) in [5.74, 6) is -0.315. The number of nitrogen functional groups attached to an aromatic ring is 1. The molecule has 1 fully saturated rings. The summed E-state index contributed by atoms with van der Waals surface area (Å²) in [6.45, 7) is 3.19. The summed E-state index contributed by atoms with van der Waals surface area (Å²) in [5.41, 5.74) is 5.36. The Bertz CT molecular complexity index is 1200. The van der Waals surface area contributed by atoms with E-state index >= 15 is 0 Å². The Morgan fingerprint density at radius 1 is 1.56 bits per heavy atom. The molecule has 3 rings (SSSR count). The molecule has 184 valence electrons. The molecular weight excluding hydrogens is 469 g/mol. The fraction of sp³-hybridized carbons (Fsp3) is 0.474. The third kappa shape index (κ3) is 5.82. The number of nitrogens with one attached hydrogen (secondary N) is 1. The number of H-pyrrole nitrogens is 1. The molecule has 4 atom stereocenters. The van der Waals surface area contributed by atoms with Crippen LogP contribution in [0.5, 0.6) is 0 Å². The number of ether oxygens (including phenoxy) is 1. The van der Waals surface area contributed by atoms with Gasteiger partial charge in [-0.15, -0.1) is 6.58 Å². The Morgan fingerprint density at radius 3 is 3.00 bits per heavy atom. The van der Waals surface area contributed by atoms with E-state index < -0.39 is 31.8 Å². The van der Waals surface area contributed by atoms with Gasteiger partial charge in [0.05, 0.1) is 32.0 Å². The minimum absolute atomic E-state index is 0.0353. The number of aromatic amines is 1. The fourth-order valence-corrected chi connectivity index (χ4v) is 4.60. The second-order valence-corrected chi connectivity index (χ2v) is 9.08. The van der Waals surface area contributed by atoms with Crippen molar-refractivity contribution in [2.45, 2.75) is 31.3 Å². The molecule has 1 aliphatic heterocycles. The van der Waals surface area contributed by atoms with Crippen molar-refractivity contribution in [2.75, 3.05) is 33.0 Å². The predicted molar refractivity (Wildman–Crippen MR) is 120 cm³/mol. The van der Waals surface area contributed by atoms with Crippen LogP contribution in [0.4, 0.5) is 5.95 Å². The van der Waals surface area contributed by atoms with E-state index in [4.69, 9.17) is 29.3 Å². The Morgan fingerprint density at radius 2 is 2.32 bits per heavy atom. The van der Waals surface area contributed by atoms with Crippen molar-refractivity contribution in [3.63, 3.8) is 0 Å². The molecule has 0 bridgehead atoms. The Labute approximate surface area is 194 Å². The number of nitriles is 1. The number of hydrogen-bond donors (Lipinski definition) is 3. The third-order valence-corrected chi connectivity index (χ3v) is 6.09. The van der Waals surface area contributed by atoms with Crippen LogP contribution >= 0.6 is 7.82 Å². The van der Waals surface area contributed by atoms with Gasteiger partial charge in [-0.3, -0.25) is 27.9 Å². The molecule has 0 aromatic carbocycles. The highest BCUT2D eigenvalue weighted by atomic mass is 31.2. The smallest absolute Gasteiger partial charge is 0.475 e. The quantitative estimate of drug-likeness (QED) is 0.177. The maximum absolute atomic E-state index is 13.2. The van der Waals surface area contributed by atoms with Crippen molar-refractivity contribution >= 4 is 24.9 Å². The lowest BCUT2D eigenvalue weighted by atomic mass is 10.1. The van der Waals surface area contributed by atoms with E-state index in [1.54, 1.807) is 19.0 Å². The van der Waals surface area contributed by atoms with E-state index in [0.717, 1.165) is 0 Å². The lowest BCUT2D eigenvalue weighted by Crippen LogP contribution is -2.27. The molecular formula is C19H26N7O7P. The summed E-state index contributed by atoms with van der Waals surface area (Å²) in [6, 6.07) is 1.88. The van der Waals surface area contributed by atoms with E-state index in [0.29, 0.717) is 0 Å². The zero-order chi connectivity index (χ0) is 24.9. The predicted octanol–water partition coefficient (Wildman–Crippen LogP) is 1.58. The normalized spacial score (nSPS) is 22.4. The fourth-order valence-electron chi connectivity index (χ4n) is 3.28. The van der Waals surface area contributed by atoms with Crippen molar-refractivity contribution < 1.29 is 28.0 Å². The second-order valence-electron chi connectivity index (χ2n) is 7.46. The van der Waals surface area contributed by atoms with Crippen molar-refractivity contribution in [2.24, 2.45) is 0 Å². The average molecular weight is 495 g/mol. The number of aliphatic hydroxyl groups excluding tert-OH is 1. The molecule has 0 spiro atoms. The number of anilines is 1. The Hall–Kier alpha value is -3.21. The maximum Gasteiger partial charge on any atom is 0.475 e. The van der Waals surface area contributed by atoms with Gasteiger partial charge in [-0.05, 0) is 0 Å². The molecule has 2 aromatic rings. The van der Waals surface area contributed by atoms with E-state index in [2.05, 4.69) is 21.5 Å². The van der Waals surface area contributed by atoms with Crippen LogP contribution in [-0.4, -0.2) is 69.0 Å². The molecule has 0 radical (unpaired) electrons. The number of rotatable bonds is 11. The molecule has 1 unspecified atom stereocenters. The Balaban J connectivity index is 1.94. The van der Waals surface area contributed by atoms with E-state index in [-0.39, 0.29) is 48.9 Å². The summed E-state index contributed by atoms with van der Waals surface area (Å²) in [7, 11) is -0.766. The van der Waals surface area contributed by atoms with Crippen LogP contribution in [0.25, 0.3) is 11.2 Å². The molecule has 2 aromatic heterocycles. The minimum Gasteiger partial charge on any atom is -0.508 e. The maximum atomic E-state index is 13.2. The first-order chi connectivity index (χ1) is 16.2. The van der Waals surface area contributed by atoms with Gasteiger partial charge in [0, 0.05) is 26.7 Å². The topological polar surface area (TPSA) is 191 Å². The van der Waals surface area contributed by atoms with Gasteiger partial charge < -0.3 is 20.5 Å². The van der Waals surface area contributed by atoms with Crippen LogP contribution in [0, 0.1) is 11.3 Å². The number of nitrogens with zero attached hydrogens (tertiary/aromatic N) is 5. The molecule has 1 aliphatic rings. The van der Waals surface area contributed by atoms with Crippen molar-refractivity contribution in [1.29, 1.82) is 5.26 Å². The van der Waals surface area contributed by atoms with E-state index in [1.165, 1.54) is 23.2 Å². The molecule has 4 N–H and O–H groups in total.